The highest BCUT2D eigenvalue weighted by Crippen LogP contribution is 2.19. The van der Waals surface area contributed by atoms with Crippen molar-refractivity contribution < 1.29 is 18.0 Å². The van der Waals surface area contributed by atoms with Crippen molar-refractivity contribution in [2.75, 3.05) is 6.54 Å². The molecule has 0 aliphatic heterocycles. The van der Waals surface area contributed by atoms with Gasteiger partial charge in [0.15, 0.2) is 5.78 Å². The fourth-order valence-electron chi connectivity index (χ4n) is 1.92. The predicted molar refractivity (Wildman–Crippen MR) is 77.5 cm³/mol. The average molecular weight is 322 g/mol. The Morgan fingerprint density at radius 2 is 1.81 bits per heavy atom. The molecule has 0 spiro atoms. The van der Waals surface area contributed by atoms with Gasteiger partial charge in [0, 0.05) is 17.5 Å². The molecule has 1 aromatic carbocycles. The van der Waals surface area contributed by atoms with Crippen LogP contribution in [0.5, 0.6) is 0 Å². The lowest BCUT2D eigenvalue weighted by molar-refractivity contribution is -0.135. The molecule has 0 amide bonds. The van der Waals surface area contributed by atoms with Crippen LogP contribution in [-0.2, 0) is 11.2 Å². The minimum atomic E-state index is -4.22. The monoisotopic (exact) mass is 321 g/mol. The Labute approximate surface area is 127 Å². The summed E-state index contributed by atoms with van der Waals surface area (Å²) in [7, 11) is 0. The van der Waals surface area contributed by atoms with Crippen LogP contribution in [0.15, 0.2) is 24.3 Å². The van der Waals surface area contributed by atoms with E-state index in [0.29, 0.717) is 11.4 Å². The van der Waals surface area contributed by atoms with Gasteiger partial charge in [0.05, 0.1) is 12.5 Å². The van der Waals surface area contributed by atoms with Gasteiger partial charge < -0.3 is 5.32 Å². The van der Waals surface area contributed by atoms with E-state index in [2.05, 4.69) is 5.32 Å². The maximum atomic E-state index is 12.2. The van der Waals surface area contributed by atoms with Crippen molar-refractivity contribution in [2.45, 2.75) is 38.9 Å². The molecule has 2 nitrogen and oxygen atoms in total. The van der Waals surface area contributed by atoms with Gasteiger partial charge in [0.2, 0.25) is 0 Å². The van der Waals surface area contributed by atoms with Crippen molar-refractivity contribution in [3.05, 3.63) is 34.9 Å². The van der Waals surface area contributed by atoms with Crippen LogP contribution in [0.25, 0.3) is 0 Å². The Morgan fingerprint density at radius 1 is 1.24 bits per heavy atom. The molecule has 1 N–H and O–H groups in total. The van der Waals surface area contributed by atoms with Gasteiger partial charge in [-0.15, -0.1) is 0 Å². The van der Waals surface area contributed by atoms with Crippen LogP contribution in [0.2, 0.25) is 5.02 Å². The van der Waals surface area contributed by atoms with E-state index in [-0.39, 0.29) is 18.2 Å². The van der Waals surface area contributed by atoms with Gasteiger partial charge in [-0.2, -0.15) is 13.2 Å². The van der Waals surface area contributed by atoms with Crippen molar-refractivity contribution in [1.29, 1.82) is 0 Å². The average Bonchev–Trinajstić information content (AvgIpc) is 2.37. The molecule has 0 fully saturated rings. The second-order valence-electron chi connectivity index (χ2n) is 5.26. The minimum Gasteiger partial charge on any atom is -0.307 e. The number of hydrogen-bond donors (Lipinski definition) is 1. The van der Waals surface area contributed by atoms with Crippen LogP contribution in [0.3, 0.4) is 0 Å². The number of nitrogens with one attached hydrogen (secondary N) is 1. The summed E-state index contributed by atoms with van der Waals surface area (Å²) < 4.78 is 36.6. The molecular weight excluding hydrogens is 303 g/mol. The van der Waals surface area contributed by atoms with Crippen LogP contribution in [0.4, 0.5) is 13.2 Å². The summed E-state index contributed by atoms with van der Waals surface area (Å²) in [5, 5.41) is 3.30. The molecule has 0 unspecified atom stereocenters. The van der Waals surface area contributed by atoms with Crippen LogP contribution < -0.4 is 5.32 Å². The number of halogens is 4. The first-order chi connectivity index (χ1) is 9.69. The zero-order valence-electron chi connectivity index (χ0n) is 12.0. The summed E-state index contributed by atoms with van der Waals surface area (Å²) in [5.74, 6) is -0.326. The second kappa shape index (κ2) is 7.80. The molecular formula is C15H19ClF3NO. The Morgan fingerprint density at radius 3 is 2.29 bits per heavy atom. The lowest BCUT2D eigenvalue weighted by atomic mass is 9.95. The van der Waals surface area contributed by atoms with Crippen LogP contribution in [0, 0.1) is 5.92 Å². The summed E-state index contributed by atoms with van der Waals surface area (Å²) >= 11 is 5.79. The van der Waals surface area contributed by atoms with E-state index in [1.807, 2.05) is 0 Å². The molecule has 0 aliphatic rings. The molecule has 1 rings (SSSR count). The molecule has 0 saturated carbocycles. The Hall–Kier alpha value is -1.07. The second-order valence-corrected chi connectivity index (χ2v) is 5.70. The number of alkyl halides is 3. The van der Waals surface area contributed by atoms with Crippen LogP contribution in [0.1, 0.15) is 25.8 Å². The number of rotatable bonds is 7. The van der Waals surface area contributed by atoms with Gasteiger partial charge in [-0.25, -0.2) is 0 Å². The predicted octanol–water partition coefficient (Wildman–Crippen LogP) is 4.02. The number of benzene rings is 1. The van der Waals surface area contributed by atoms with Crippen molar-refractivity contribution in [2.24, 2.45) is 5.92 Å². The maximum Gasteiger partial charge on any atom is 0.390 e. The lowest BCUT2D eigenvalue weighted by Crippen LogP contribution is -2.42. The molecule has 0 radical (unpaired) electrons. The first-order valence-corrected chi connectivity index (χ1v) is 7.15. The fraction of sp³-hybridized carbons (Fsp3) is 0.533. The van der Waals surface area contributed by atoms with Gasteiger partial charge in [-0.05, 0) is 24.1 Å². The van der Waals surface area contributed by atoms with E-state index in [1.54, 1.807) is 38.1 Å². The molecule has 21 heavy (non-hydrogen) atoms. The maximum absolute atomic E-state index is 12.2. The smallest absolute Gasteiger partial charge is 0.307 e. The lowest BCUT2D eigenvalue weighted by Gasteiger charge is -2.20. The molecule has 118 valence electrons. The summed E-state index contributed by atoms with van der Waals surface area (Å²) in [6, 6.07) is 6.32. The Balaban J connectivity index is 2.68. The summed E-state index contributed by atoms with van der Waals surface area (Å²) in [5.41, 5.74) is 0.859. The zero-order chi connectivity index (χ0) is 16.0. The van der Waals surface area contributed by atoms with Gasteiger partial charge in [0.25, 0.3) is 0 Å². The summed E-state index contributed by atoms with van der Waals surface area (Å²) in [6.07, 6.45) is -4.82. The van der Waals surface area contributed by atoms with Crippen molar-refractivity contribution in [1.82, 2.24) is 5.32 Å². The SMILES string of the molecule is CC(C)C(=O)[C@@H](Cc1ccc(Cl)cc1)NCCC(F)(F)F. The normalized spacial score (nSPS) is 13.5. The zero-order valence-corrected chi connectivity index (χ0v) is 12.8. The summed E-state index contributed by atoms with van der Waals surface area (Å²) in [6.45, 7) is 3.21. The van der Waals surface area contributed by atoms with Gasteiger partial charge in [0.1, 0.15) is 0 Å². The third kappa shape index (κ3) is 6.96. The molecule has 1 atom stereocenters. The molecule has 0 bridgehead atoms. The van der Waals surface area contributed by atoms with E-state index in [0.717, 1.165) is 5.56 Å². The standard InChI is InChI=1S/C15H19ClF3NO/c1-10(2)14(21)13(20-8-7-15(17,18)19)9-11-3-5-12(16)6-4-11/h3-6,10,13,20H,7-9H2,1-2H3/t13-/m1/s1. The molecule has 6 heteroatoms. The molecule has 1 aromatic rings. The highest BCUT2D eigenvalue weighted by atomic mass is 35.5. The van der Waals surface area contributed by atoms with Crippen molar-refractivity contribution in [3.8, 4) is 0 Å². The minimum absolute atomic E-state index is 0.0906. The topological polar surface area (TPSA) is 29.1 Å². The van der Waals surface area contributed by atoms with Gasteiger partial charge in [-0.1, -0.05) is 37.6 Å². The van der Waals surface area contributed by atoms with E-state index < -0.39 is 18.6 Å². The molecule has 0 saturated heterocycles. The van der Waals surface area contributed by atoms with E-state index in [1.165, 1.54) is 0 Å². The third-order valence-corrected chi connectivity index (χ3v) is 3.32. The number of hydrogen-bond acceptors (Lipinski definition) is 2. The highest BCUT2D eigenvalue weighted by Gasteiger charge is 2.28. The van der Waals surface area contributed by atoms with Crippen molar-refractivity contribution in [3.63, 3.8) is 0 Å². The molecule has 0 heterocycles. The van der Waals surface area contributed by atoms with Crippen LogP contribution in [-0.4, -0.2) is 24.5 Å². The quantitative estimate of drug-likeness (QED) is 0.822. The van der Waals surface area contributed by atoms with E-state index in [4.69, 9.17) is 11.6 Å². The van der Waals surface area contributed by atoms with Crippen LogP contribution >= 0.6 is 11.6 Å². The Kier molecular flexibility index (Phi) is 6.68. The number of Topliss-reactive ketones (excluding diaryl/α,β-unsaturated/α-hetero) is 1. The molecule has 0 aromatic heterocycles. The summed E-state index contributed by atoms with van der Waals surface area (Å²) in [4.78, 5) is 12.1. The number of ketones is 1. The van der Waals surface area contributed by atoms with Gasteiger partial charge >= 0.3 is 6.18 Å². The largest absolute Gasteiger partial charge is 0.390 e. The first kappa shape index (κ1) is 18.0. The van der Waals surface area contributed by atoms with E-state index >= 15 is 0 Å². The van der Waals surface area contributed by atoms with Gasteiger partial charge in [-0.3, -0.25) is 4.79 Å². The molecule has 0 aliphatic carbocycles. The highest BCUT2D eigenvalue weighted by molar-refractivity contribution is 6.30. The van der Waals surface area contributed by atoms with Crippen molar-refractivity contribution >= 4 is 17.4 Å². The third-order valence-electron chi connectivity index (χ3n) is 3.06. The first-order valence-electron chi connectivity index (χ1n) is 6.77. The Bertz CT molecular complexity index is 457. The fourth-order valence-corrected chi connectivity index (χ4v) is 2.05. The van der Waals surface area contributed by atoms with E-state index in [9.17, 15) is 18.0 Å². The number of carbonyl (C=O) groups is 1. The number of carbonyl (C=O) groups excluding carboxylic acids is 1.